The second-order valence-electron chi connectivity index (χ2n) is 5.17. The van der Waals surface area contributed by atoms with Gasteiger partial charge in [-0.1, -0.05) is 17.3 Å². The molecule has 1 aliphatic rings. The Balaban J connectivity index is 1.72. The molecule has 0 saturated heterocycles. The summed E-state index contributed by atoms with van der Waals surface area (Å²) < 4.78 is 5.42. The minimum absolute atomic E-state index is 0.0481. The van der Waals surface area contributed by atoms with Gasteiger partial charge >= 0.3 is 0 Å². The number of nitrogens with zero attached hydrogens (tertiary/aromatic N) is 2. The quantitative estimate of drug-likeness (QED) is 0.550. The van der Waals surface area contributed by atoms with E-state index >= 15 is 0 Å². The molecule has 0 fully saturated rings. The summed E-state index contributed by atoms with van der Waals surface area (Å²) in [5.41, 5.74) is 4.27. The largest absolute Gasteiger partial charge is 0.379 e. The minimum atomic E-state index is -0.424. The van der Waals surface area contributed by atoms with E-state index in [0.717, 1.165) is 22.5 Å². The van der Waals surface area contributed by atoms with Gasteiger partial charge in [-0.25, -0.2) is 0 Å². The highest BCUT2D eigenvalue weighted by Gasteiger charge is 2.21. The molecular formula is C16H12N4O3. The van der Waals surface area contributed by atoms with Gasteiger partial charge in [0.2, 0.25) is 5.88 Å². The summed E-state index contributed by atoms with van der Waals surface area (Å²) in [5.74, 6) is 0.579. The Morgan fingerprint density at radius 1 is 1.09 bits per heavy atom. The number of aromatic nitrogens is 1. The molecule has 3 aromatic rings. The molecule has 0 bridgehead atoms. The first-order valence-electron chi connectivity index (χ1n) is 7.05. The van der Waals surface area contributed by atoms with Crippen LogP contribution < -0.4 is 10.6 Å². The van der Waals surface area contributed by atoms with Crippen LogP contribution in [0.4, 0.5) is 22.9 Å². The number of fused-ring (bicyclic) bond motifs is 2. The molecule has 23 heavy (non-hydrogen) atoms. The first-order valence-corrected chi connectivity index (χ1v) is 7.05. The predicted octanol–water partition coefficient (Wildman–Crippen LogP) is 3.92. The highest BCUT2D eigenvalue weighted by molar-refractivity contribution is 5.79. The van der Waals surface area contributed by atoms with E-state index in [2.05, 4.69) is 15.8 Å². The maximum atomic E-state index is 10.8. The maximum absolute atomic E-state index is 10.8. The van der Waals surface area contributed by atoms with E-state index in [4.69, 9.17) is 4.52 Å². The third-order valence-corrected chi connectivity index (χ3v) is 3.77. The number of hydrogen-bond donors (Lipinski definition) is 2. The van der Waals surface area contributed by atoms with E-state index < -0.39 is 4.92 Å². The molecule has 114 valence electrons. The lowest BCUT2D eigenvalue weighted by Gasteiger charge is -2.06. The van der Waals surface area contributed by atoms with Crippen LogP contribution in [-0.4, -0.2) is 10.1 Å². The van der Waals surface area contributed by atoms with Crippen LogP contribution in [-0.2, 0) is 6.54 Å². The third kappa shape index (κ3) is 2.28. The van der Waals surface area contributed by atoms with Crippen LogP contribution >= 0.6 is 0 Å². The van der Waals surface area contributed by atoms with Gasteiger partial charge in [-0.05, 0) is 24.3 Å². The van der Waals surface area contributed by atoms with E-state index in [0.29, 0.717) is 18.1 Å². The summed E-state index contributed by atoms with van der Waals surface area (Å²) in [5, 5.41) is 21.4. The normalized spacial score (nSPS) is 12.3. The van der Waals surface area contributed by atoms with Crippen molar-refractivity contribution in [3.63, 3.8) is 0 Å². The zero-order chi connectivity index (χ0) is 15.8. The molecule has 2 N–H and O–H groups in total. The molecule has 0 unspecified atom stereocenters. The summed E-state index contributed by atoms with van der Waals surface area (Å²) in [6.07, 6.45) is 0. The van der Waals surface area contributed by atoms with E-state index in [1.54, 1.807) is 12.1 Å². The van der Waals surface area contributed by atoms with Crippen LogP contribution in [0, 0.1) is 10.1 Å². The van der Waals surface area contributed by atoms with Gasteiger partial charge in [0.1, 0.15) is 5.69 Å². The predicted molar refractivity (Wildman–Crippen MR) is 85.6 cm³/mol. The lowest BCUT2D eigenvalue weighted by molar-refractivity contribution is -0.384. The Kier molecular flexibility index (Phi) is 2.97. The molecular weight excluding hydrogens is 296 g/mol. The van der Waals surface area contributed by atoms with Crippen molar-refractivity contribution in [2.75, 3.05) is 10.6 Å². The molecule has 2 heterocycles. The number of rotatable bonds is 2. The summed E-state index contributed by atoms with van der Waals surface area (Å²) in [6, 6.07) is 14.1. The van der Waals surface area contributed by atoms with Crippen LogP contribution in [0.25, 0.3) is 11.3 Å². The van der Waals surface area contributed by atoms with Crippen molar-refractivity contribution in [1.82, 2.24) is 5.16 Å². The molecule has 0 amide bonds. The summed E-state index contributed by atoms with van der Waals surface area (Å²) in [6.45, 7) is 0.551. The zero-order valence-corrected chi connectivity index (χ0v) is 11.9. The fraction of sp³-hybridized carbons (Fsp3) is 0.0625. The maximum Gasteiger partial charge on any atom is 0.269 e. The van der Waals surface area contributed by atoms with E-state index in [1.165, 1.54) is 12.1 Å². The third-order valence-electron chi connectivity index (χ3n) is 3.77. The van der Waals surface area contributed by atoms with Crippen molar-refractivity contribution in [2.24, 2.45) is 0 Å². The highest BCUT2D eigenvalue weighted by Crippen LogP contribution is 2.36. The number of non-ortho nitro benzene ring substituents is 1. The second-order valence-corrected chi connectivity index (χ2v) is 5.17. The number of hydrogen-bond acceptors (Lipinski definition) is 6. The second kappa shape index (κ2) is 5.13. The average Bonchev–Trinajstić information content (AvgIpc) is 2.87. The molecule has 2 aromatic carbocycles. The first kappa shape index (κ1) is 13.3. The SMILES string of the molecule is O=[N+]([O-])c1ccc(-c2noc3c2CNc2ccccc2N3)cc1. The fourth-order valence-electron chi connectivity index (χ4n) is 2.59. The molecule has 0 aliphatic carbocycles. The van der Waals surface area contributed by atoms with Crippen LogP contribution in [0.2, 0.25) is 0 Å². The van der Waals surface area contributed by atoms with Crippen molar-refractivity contribution < 1.29 is 9.45 Å². The Bertz CT molecular complexity index is 887. The lowest BCUT2D eigenvalue weighted by Crippen LogP contribution is -1.98. The minimum Gasteiger partial charge on any atom is -0.379 e. The van der Waals surface area contributed by atoms with Gasteiger partial charge in [0.15, 0.2) is 0 Å². The molecule has 0 radical (unpaired) electrons. The van der Waals surface area contributed by atoms with Gasteiger partial charge in [-0.3, -0.25) is 10.1 Å². The molecule has 0 atom stereocenters. The van der Waals surface area contributed by atoms with Crippen LogP contribution in [0.3, 0.4) is 0 Å². The van der Waals surface area contributed by atoms with Gasteiger partial charge in [-0.15, -0.1) is 0 Å². The van der Waals surface area contributed by atoms with Crippen LogP contribution in [0.15, 0.2) is 53.1 Å². The average molecular weight is 308 g/mol. The summed E-state index contributed by atoms with van der Waals surface area (Å²) >= 11 is 0. The van der Waals surface area contributed by atoms with Crippen molar-refractivity contribution in [3.8, 4) is 11.3 Å². The van der Waals surface area contributed by atoms with Crippen LogP contribution in [0.1, 0.15) is 5.56 Å². The zero-order valence-electron chi connectivity index (χ0n) is 11.9. The molecule has 7 nitrogen and oxygen atoms in total. The topological polar surface area (TPSA) is 93.2 Å². The Morgan fingerprint density at radius 2 is 1.83 bits per heavy atom. The number of benzene rings is 2. The van der Waals surface area contributed by atoms with Crippen LogP contribution in [0.5, 0.6) is 0 Å². The number of nitro benzene ring substituents is 1. The van der Waals surface area contributed by atoms with Crippen molar-refractivity contribution in [2.45, 2.75) is 6.54 Å². The van der Waals surface area contributed by atoms with E-state index in [9.17, 15) is 10.1 Å². The molecule has 1 aliphatic heterocycles. The standard InChI is InChI=1S/C16H12N4O3/c21-20(22)11-7-5-10(6-8-11)15-12-9-17-13-3-1-2-4-14(13)18-16(12)23-19-15/h1-8,17-18H,9H2. The van der Waals surface area contributed by atoms with Gasteiger partial charge in [0, 0.05) is 24.2 Å². The molecule has 1 aromatic heterocycles. The van der Waals surface area contributed by atoms with E-state index in [-0.39, 0.29) is 5.69 Å². The molecule has 0 saturated carbocycles. The summed E-state index contributed by atoms with van der Waals surface area (Å²) in [7, 11) is 0. The van der Waals surface area contributed by atoms with Gasteiger partial charge < -0.3 is 15.2 Å². The first-order chi connectivity index (χ1) is 11.2. The molecule has 4 rings (SSSR count). The van der Waals surface area contributed by atoms with E-state index in [1.807, 2.05) is 24.3 Å². The van der Waals surface area contributed by atoms with Gasteiger partial charge in [0.05, 0.1) is 21.9 Å². The Labute approximate surface area is 131 Å². The smallest absolute Gasteiger partial charge is 0.269 e. The van der Waals surface area contributed by atoms with Gasteiger partial charge in [-0.2, -0.15) is 0 Å². The van der Waals surface area contributed by atoms with Crippen molar-refractivity contribution in [3.05, 3.63) is 64.2 Å². The highest BCUT2D eigenvalue weighted by atomic mass is 16.6. The molecule has 0 spiro atoms. The number of nitro groups is 1. The molecule has 7 heteroatoms. The summed E-state index contributed by atoms with van der Waals surface area (Å²) in [4.78, 5) is 10.3. The van der Waals surface area contributed by atoms with Crippen molar-refractivity contribution >= 4 is 22.9 Å². The number of para-hydroxylation sites is 2. The number of anilines is 3. The fourth-order valence-corrected chi connectivity index (χ4v) is 2.59. The monoisotopic (exact) mass is 308 g/mol. The van der Waals surface area contributed by atoms with Gasteiger partial charge in [0.25, 0.3) is 5.69 Å². The Morgan fingerprint density at radius 3 is 2.57 bits per heavy atom. The van der Waals surface area contributed by atoms with Crippen molar-refractivity contribution in [1.29, 1.82) is 0 Å². The number of nitrogens with one attached hydrogen (secondary N) is 2. The Hall–Kier alpha value is -3.35. The lowest BCUT2D eigenvalue weighted by atomic mass is 10.1.